The van der Waals surface area contributed by atoms with Crippen molar-refractivity contribution < 1.29 is 9.21 Å². The number of carbonyl (C=O) groups is 1. The second-order valence-corrected chi connectivity index (χ2v) is 6.52. The molecule has 0 saturated carbocycles. The Hall–Kier alpha value is -2.69. The van der Waals surface area contributed by atoms with Gasteiger partial charge in [-0.25, -0.2) is 4.98 Å². The van der Waals surface area contributed by atoms with Crippen LogP contribution in [0.15, 0.2) is 53.1 Å². The first-order valence-electron chi connectivity index (χ1n) is 8.83. The number of rotatable bonds is 4. The average Bonchev–Trinajstić information content (AvgIpc) is 3.11. The molecule has 0 N–H and O–H groups in total. The molecule has 1 atom stereocenters. The zero-order valence-corrected chi connectivity index (χ0v) is 14.1. The van der Waals surface area contributed by atoms with E-state index in [2.05, 4.69) is 9.97 Å². The topological polar surface area (TPSA) is 59.2 Å². The quantitative estimate of drug-likeness (QED) is 0.731. The van der Waals surface area contributed by atoms with E-state index in [1.807, 2.05) is 47.4 Å². The summed E-state index contributed by atoms with van der Waals surface area (Å²) in [6, 6.07) is 13.6. The number of aryl methyl sites for hydroxylation is 1. The Morgan fingerprint density at radius 3 is 2.92 bits per heavy atom. The maximum absolute atomic E-state index is 12.6. The molecule has 0 spiro atoms. The molecule has 2 aromatic heterocycles. The van der Waals surface area contributed by atoms with Gasteiger partial charge < -0.3 is 9.32 Å². The van der Waals surface area contributed by atoms with E-state index in [1.165, 1.54) is 0 Å². The van der Waals surface area contributed by atoms with Crippen LogP contribution in [0.5, 0.6) is 0 Å². The molecule has 0 bridgehead atoms. The number of pyridine rings is 1. The Labute approximate surface area is 146 Å². The lowest BCUT2D eigenvalue weighted by Gasteiger charge is -2.31. The van der Waals surface area contributed by atoms with Crippen LogP contribution >= 0.6 is 0 Å². The van der Waals surface area contributed by atoms with Gasteiger partial charge in [0.25, 0.3) is 0 Å². The molecule has 1 aliphatic heterocycles. The maximum atomic E-state index is 12.6. The monoisotopic (exact) mass is 335 g/mol. The van der Waals surface area contributed by atoms with Crippen molar-refractivity contribution in [3.63, 3.8) is 0 Å². The van der Waals surface area contributed by atoms with Gasteiger partial charge in [-0.2, -0.15) is 0 Å². The Balaban J connectivity index is 1.41. The predicted molar refractivity (Wildman–Crippen MR) is 95.1 cm³/mol. The number of aromatic nitrogens is 2. The minimum Gasteiger partial charge on any atom is -0.440 e. The predicted octanol–water partition coefficient (Wildman–Crippen LogP) is 3.56. The van der Waals surface area contributed by atoms with Crippen molar-refractivity contribution in [2.45, 2.75) is 31.6 Å². The molecule has 1 fully saturated rings. The average molecular weight is 335 g/mol. The Bertz CT molecular complexity index is 827. The van der Waals surface area contributed by atoms with Crippen LogP contribution in [0.1, 0.15) is 36.8 Å². The molecule has 1 saturated heterocycles. The minimum atomic E-state index is 0.181. The first kappa shape index (κ1) is 15.8. The highest BCUT2D eigenvalue weighted by molar-refractivity contribution is 5.76. The summed E-state index contributed by atoms with van der Waals surface area (Å²) in [7, 11) is 0. The number of likely N-dealkylation sites (tertiary alicyclic amines) is 1. The van der Waals surface area contributed by atoms with Gasteiger partial charge >= 0.3 is 0 Å². The number of nitrogens with zero attached hydrogens (tertiary/aromatic N) is 3. The van der Waals surface area contributed by atoms with Gasteiger partial charge in [0.2, 0.25) is 5.91 Å². The smallest absolute Gasteiger partial charge is 0.222 e. The second kappa shape index (κ2) is 7.05. The van der Waals surface area contributed by atoms with Crippen molar-refractivity contribution in [3.8, 4) is 0 Å². The lowest BCUT2D eigenvalue weighted by Crippen LogP contribution is -2.39. The molecule has 3 heterocycles. The van der Waals surface area contributed by atoms with Crippen molar-refractivity contribution in [2.24, 2.45) is 0 Å². The van der Waals surface area contributed by atoms with E-state index in [4.69, 9.17) is 4.42 Å². The molecule has 5 heteroatoms. The Kier molecular flexibility index (Phi) is 4.46. The van der Waals surface area contributed by atoms with Crippen LogP contribution in [0, 0.1) is 0 Å². The van der Waals surface area contributed by atoms with E-state index in [0.717, 1.165) is 42.1 Å². The zero-order chi connectivity index (χ0) is 17.1. The second-order valence-electron chi connectivity index (χ2n) is 6.52. The lowest BCUT2D eigenvalue weighted by atomic mass is 9.97. The number of piperidine rings is 1. The van der Waals surface area contributed by atoms with Crippen LogP contribution in [0.3, 0.4) is 0 Å². The first-order chi connectivity index (χ1) is 12.3. The third-order valence-corrected chi connectivity index (χ3v) is 4.75. The molecule has 0 radical (unpaired) electrons. The minimum absolute atomic E-state index is 0.181. The van der Waals surface area contributed by atoms with Crippen LogP contribution in [-0.2, 0) is 11.2 Å². The summed E-state index contributed by atoms with van der Waals surface area (Å²) in [6.45, 7) is 1.51. The molecular weight excluding hydrogens is 314 g/mol. The van der Waals surface area contributed by atoms with Crippen molar-refractivity contribution in [2.75, 3.05) is 13.1 Å². The summed E-state index contributed by atoms with van der Waals surface area (Å²) in [4.78, 5) is 23.4. The number of hydrogen-bond acceptors (Lipinski definition) is 4. The highest BCUT2D eigenvalue weighted by Gasteiger charge is 2.27. The van der Waals surface area contributed by atoms with E-state index < -0.39 is 0 Å². The molecule has 1 aliphatic rings. The maximum Gasteiger partial charge on any atom is 0.222 e. The molecule has 128 valence electrons. The van der Waals surface area contributed by atoms with Crippen LogP contribution in [0.25, 0.3) is 11.1 Å². The van der Waals surface area contributed by atoms with Crippen LogP contribution in [0.2, 0.25) is 0 Å². The summed E-state index contributed by atoms with van der Waals surface area (Å²) < 4.78 is 5.91. The third kappa shape index (κ3) is 3.55. The standard InChI is InChI=1S/C20H21N3O2/c24-19(11-10-16-7-3-4-12-21-16)23-13-5-6-15(14-23)20-22-17-8-1-2-9-18(17)25-20/h1-4,7-9,12,15H,5-6,10-11,13-14H2/t15-/m1/s1. The van der Waals surface area contributed by atoms with Gasteiger partial charge in [-0.3, -0.25) is 9.78 Å². The Morgan fingerprint density at radius 2 is 2.08 bits per heavy atom. The summed E-state index contributed by atoms with van der Waals surface area (Å²) in [6.07, 6.45) is 4.94. The van der Waals surface area contributed by atoms with Gasteiger partial charge in [0.1, 0.15) is 5.52 Å². The van der Waals surface area contributed by atoms with E-state index >= 15 is 0 Å². The van der Waals surface area contributed by atoms with Gasteiger partial charge in [0, 0.05) is 31.4 Å². The summed E-state index contributed by atoms with van der Waals surface area (Å²) in [5, 5.41) is 0. The molecule has 1 amide bonds. The number of benzene rings is 1. The summed E-state index contributed by atoms with van der Waals surface area (Å²) >= 11 is 0. The summed E-state index contributed by atoms with van der Waals surface area (Å²) in [5.74, 6) is 1.12. The fourth-order valence-electron chi connectivity index (χ4n) is 3.41. The van der Waals surface area contributed by atoms with Crippen LogP contribution < -0.4 is 0 Å². The summed E-state index contributed by atoms with van der Waals surface area (Å²) in [5.41, 5.74) is 2.66. The van der Waals surface area contributed by atoms with Gasteiger partial charge in [-0.15, -0.1) is 0 Å². The fraction of sp³-hybridized carbons (Fsp3) is 0.350. The third-order valence-electron chi connectivity index (χ3n) is 4.75. The van der Waals surface area contributed by atoms with Crippen LogP contribution in [0.4, 0.5) is 0 Å². The van der Waals surface area contributed by atoms with E-state index in [0.29, 0.717) is 19.4 Å². The lowest BCUT2D eigenvalue weighted by molar-refractivity contribution is -0.132. The molecule has 0 aliphatic carbocycles. The molecule has 0 unspecified atom stereocenters. The molecule has 4 rings (SSSR count). The van der Waals surface area contributed by atoms with Crippen molar-refractivity contribution >= 4 is 17.0 Å². The van der Waals surface area contributed by atoms with Crippen molar-refractivity contribution in [3.05, 3.63) is 60.2 Å². The molecule has 5 nitrogen and oxygen atoms in total. The largest absolute Gasteiger partial charge is 0.440 e. The number of hydrogen-bond donors (Lipinski definition) is 0. The fourth-order valence-corrected chi connectivity index (χ4v) is 3.41. The van der Waals surface area contributed by atoms with E-state index in [9.17, 15) is 4.79 Å². The van der Waals surface area contributed by atoms with E-state index in [1.54, 1.807) is 6.20 Å². The normalized spacial score (nSPS) is 17.8. The Morgan fingerprint density at radius 1 is 1.20 bits per heavy atom. The van der Waals surface area contributed by atoms with Gasteiger partial charge in [0.05, 0.1) is 5.92 Å². The van der Waals surface area contributed by atoms with Crippen molar-refractivity contribution in [1.29, 1.82) is 0 Å². The highest BCUT2D eigenvalue weighted by atomic mass is 16.3. The SMILES string of the molecule is O=C(CCc1ccccn1)N1CCC[C@@H](c2nc3ccccc3o2)C1. The number of carbonyl (C=O) groups excluding carboxylic acids is 1. The number of amides is 1. The molecule has 25 heavy (non-hydrogen) atoms. The molecular formula is C20H21N3O2. The highest BCUT2D eigenvalue weighted by Crippen LogP contribution is 2.29. The number of fused-ring (bicyclic) bond motifs is 1. The molecule has 3 aromatic rings. The molecule has 1 aromatic carbocycles. The van der Waals surface area contributed by atoms with E-state index in [-0.39, 0.29) is 11.8 Å². The van der Waals surface area contributed by atoms with Crippen LogP contribution in [-0.4, -0.2) is 33.9 Å². The van der Waals surface area contributed by atoms with Gasteiger partial charge in [0.15, 0.2) is 11.5 Å². The first-order valence-corrected chi connectivity index (χ1v) is 8.83. The number of oxazole rings is 1. The zero-order valence-electron chi connectivity index (χ0n) is 14.1. The van der Waals surface area contributed by atoms with Gasteiger partial charge in [-0.05, 0) is 43.5 Å². The van der Waals surface area contributed by atoms with Crippen molar-refractivity contribution in [1.82, 2.24) is 14.9 Å². The van der Waals surface area contributed by atoms with Gasteiger partial charge in [-0.1, -0.05) is 18.2 Å². The number of para-hydroxylation sites is 2.